The Morgan fingerprint density at radius 3 is 2.24 bits per heavy atom. The van der Waals surface area contributed by atoms with E-state index in [9.17, 15) is 4.79 Å². The fourth-order valence-electron chi connectivity index (χ4n) is 4.32. The van der Waals surface area contributed by atoms with E-state index < -0.39 is 0 Å². The normalized spacial score (nSPS) is 11.2. The van der Waals surface area contributed by atoms with Crippen molar-refractivity contribution in [1.29, 1.82) is 0 Å². The second kappa shape index (κ2) is 12.4. The van der Waals surface area contributed by atoms with Crippen LogP contribution in [-0.2, 0) is 17.9 Å². The minimum absolute atomic E-state index is 0.0195. The SMILES string of the molecule is CCC[N+](CCC)(CC(=O)Nc1cccc(OCc2ccccc2)c1)Cc1ccc(Cl)cc1. The Morgan fingerprint density at radius 2 is 1.58 bits per heavy atom. The highest BCUT2D eigenvalue weighted by molar-refractivity contribution is 6.30. The minimum atomic E-state index is 0.0195. The zero-order valence-electron chi connectivity index (χ0n) is 19.6. The second-order valence-corrected chi connectivity index (χ2v) is 9.02. The number of benzene rings is 3. The summed E-state index contributed by atoms with van der Waals surface area (Å²) in [5.74, 6) is 0.756. The second-order valence-electron chi connectivity index (χ2n) is 8.58. The first-order valence-corrected chi connectivity index (χ1v) is 12.1. The molecule has 0 radical (unpaired) electrons. The number of rotatable bonds is 12. The molecule has 0 saturated heterocycles. The maximum absolute atomic E-state index is 13.1. The smallest absolute Gasteiger partial charge is 0.279 e. The van der Waals surface area contributed by atoms with Crippen molar-refractivity contribution in [1.82, 2.24) is 0 Å². The lowest BCUT2D eigenvalue weighted by Gasteiger charge is -2.38. The minimum Gasteiger partial charge on any atom is -0.489 e. The number of anilines is 1. The van der Waals surface area contributed by atoms with Gasteiger partial charge in [-0.2, -0.15) is 0 Å². The Hall–Kier alpha value is -2.82. The third-order valence-corrected chi connectivity index (χ3v) is 5.92. The Morgan fingerprint density at radius 1 is 0.879 bits per heavy atom. The van der Waals surface area contributed by atoms with Gasteiger partial charge in [-0.1, -0.05) is 74.0 Å². The highest BCUT2D eigenvalue weighted by Gasteiger charge is 2.29. The van der Waals surface area contributed by atoms with E-state index in [-0.39, 0.29) is 5.91 Å². The molecule has 0 bridgehead atoms. The van der Waals surface area contributed by atoms with Crippen molar-refractivity contribution in [2.24, 2.45) is 0 Å². The molecule has 1 amide bonds. The summed E-state index contributed by atoms with van der Waals surface area (Å²) in [5, 5.41) is 3.82. The van der Waals surface area contributed by atoms with Crippen molar-refractivity contribution in [3.8, 4) is 5.75 Å². The van der Waals surface area contributed by atoms with Gasteiger partial charge >= 0.3 is 0 Å². The van der Waals surface area contributed by atoms with Gasteiger partial charge in [-0.3, -0.25) is 4.79 Å². The van der Waals surface area contributed by atoms with Gasteiger partial charge in [-0.15, -0.1) is 0 Å². The van der Waals surface area contributed by atoms with Crippen LogP contribution in [0.2, 0.25) is 5.02 Å². The molecule has 4 nitrogen and oxygen atoms in total. The summed E-state index contributed by atoms with van der Waals surface area (Å²) < 4.78 is 6.64. The summed E-state index contributed by atoms with van der Waals surface area (Å²) in [6.45, 7) is 7.98. The third-order valence-electron chi connectivity index (χ3n) is 5.67. The summed E-state index contributed by atoms with van der Waals surface area (Å²) >= 11 is 6.07. The number of hydrogen-bond donors (Lipinski definition) is 1. The first-order valence-electron chi connectivity index (χ1n) is 11.7. The number of quaternary nitrogens is 1. The molecule has 3 rings (SSSR count). The van der Waals surface area contributed by atoms with Crippen molar-refractivity contribution >= 4 is 23.2 Å². The summed E-state index contributed by atoms with van der Waals surface area (Å²) in [6.07, 6.45) is 2.04. The van der Waals surface area contributed by atoms with Gasteiger partial charge in [-0.25, -0.2) is 0 Å². The molecule has 3 aromatic carbocycles. The molecular formula is C28H34ClN2O2+. The van der Waals surface area contributed by atoms with Crippen LogP contribution in [-0.4, -0.2) is 30.0 Å². The van der Waals surface area contributed by atoms with Crippen molar-refractivity contribution in [3.05, 3.63) is 95.0 Å². The van der Waals surface area contributed by atoms with Gasteiger partial charge in [0.2, 0.25) is 0 Å². The summed E-state index contributed by atoms with van der Waals surface area (Å²) in [5.41, 5.74) is 3.06. The number of amides is 1. The molecule has 0 fully saturated rings. The topological polar surface area (TPSA) is 38.3 Å². The Kier molecular flexibility index (Phi) is 9.35. The molecular weight excluding hydrogens is 432 g/mol. The van der Waals surface area contributed by atoms with Gasteiger partial charge in [-0.05, 0) is 42.7 Å². The zero-order valence-corrected chi connectivity index (χ0v) is 20.4. The Labute approximate surface area is 202 Å². The summed E-state index contributed by atoms with van der Waals surface area (Å²) in [6, 6.07) is 25.6. The van der Waals surface area contributed by atoms with E-state index in [1.54, 1.807) is 0 Å². The number of carbonyl (C=O) groups excluding carboxylic acids is 1. The van der Waals surface area contributed by atoms with E-state index in [1.165, 1.54) is 5.56 Å². The van der Waals surface area contributed by atoms with Crippen LogP contribution in [0.15, 0.2) is 78.9 Å². The average Bonchev–Trinajstić information content (AvgIpc) is 2.80. The first-order chi connectivity index (χ1) is 16.0. The van der Waals surface area contributed by atoms with Crippen LogP contribution in [0.4, 0.5) is 5.69 Å². The molecule has 0 atom stereocenters. The largest absolute Gasteiger partial charge is 0.489 e. The number of halogens is 1. The molecule has 1 N–H and O–H groups in total. The lowest BCUT2D eigenvalue weighted by molar-refractivity contribution is -0.933. The molecule has 174 valence electrons. The van der Waals surface area contributed by atoms with Gasteiger partial charge in [0.1, 0.15) is 18.9 Å². The van der Waals surface area contributed by atoms with E-state index in [4.69, 9.17) is 16.3 Å². The highest BCUT2D eigenvalue weighted by Crippen LogP contribution is 2.21. The van der Waals surface area contributed by atoms with Crippen LogP contribution in [0.5, 0.6) is 5.75 Å². The van der Waals surface area contributed by atoms with E-state index in [0.29, 0.717) is 13.2 Å². The number of nitrogens with zero attached hydrogens (tertiary/aromatic N) is 1. The van der Waals surface area contributed by atoms with Crippen molar-refractivity contribution in [2.45, 2.75) is 39.8 Å². The van der Waals surface area contributed by atoms with Crippen molar-refractivity contribution < 1.29 is 14.0 Å². The quantitative estimate of drug-likeness (QED) is 0.302. The molecule has 0 spiro atoms. The molecule has 0 aliphatic heterocycles. The van der Waals surface area contributed by atoms with Crippen LogP contribution in [0.25, 0.3) is 0 Å². The van der Waals surface area contributed by atoms with Gasteiger partial charge in [0, 0.05) is 22.3 Å². The Balaban J connectivity index is 1.67. The maximum Gasteiger partial charge on any atom is 0.279 e. The van der Waals surface area contributed by atoms with E-state index in [2.05, 4.69) is 31.3 Å². The van der Waals surface area contributed by atoms with Gasteiger partial charge in [0.25, 0.3) is 5.91 Å². The number of ether oxygens (including phenoxy) is 1. The third kappa shape index (κ3) is 7.92. The van der Waals surface area contributed by atoms with Gasteiger partial charge < -0.3 is 14.5 Å². The number of hydrogen-bond acceptors (Lipinski definition) is 2. The number of nitrogens with one attached hydrogen (secondary N) is 1. The van der Waals surface area contributed by atoms with Crippen LogP contribution >= 0.6 is 11.6 Å². The van der Waals surface area contributed by atoms with E-state index in [0.717, 1.165) is 59.0 Å². The van der Waals surface area contributed by atoms with Crippen molar-refractivity contribution in [2.75, 3.05) is 25.0 Å². The number of carbonyl (C=O) groups is 1. The van der Waals surface area contributed by atoms with E-state index in [1.807, 2.05) is 66.7 Å². The van der Waals surface area contributed by atoms with Crippen LogP contribution in [0.1, 0.15) is 37.8 Å². The Bertz CT molecular complexity index is 1000. The fourth-order valence-corrected chi connectivity index (χ4v) is 4.45. The first kappa shape index (κ1) is 24.8. The molecule has 0 aromatic heterocycles. The van der Waals surface area contributed by atoms with Gasteiger partial charge in [0.15, 0.2) is 6.54 Å². The summed E-state index contributed by atoms with van der Waals surface area (Å²) in [7, 11) is 0. The predicted molar refractivity (Wildman–Crippen MR) is 136 cm³/mol. The predicted octanol–water partition coefficient (Wildman–Crippen LogP) is 6.69. The highest BCUT2D eigenvalue weighted by atomic mass is 35.5. The molecule has 0 unspecified atom stereocenters. The van der Waals surface area contributed by atoms with E-state index >= 15 is 0 Å². The summed E-state index contributed by atoms with van der Waals surface area (Å²) in [4.78, 5) is 13.1. The lowest BCUT2D eigenvalue weighted by atomic mass is 10.1. The van der Waals surface area contributed by atoms with Gasteiger partial charge in [0.05, 0.1) is 13.1 Å². The molecule has 0 aliphatic rings. The molecule has 0 aliphatic carbocycles. The molecule has 33 heavy (non-hydrogen) atoms. The fraction of sp³-hybridized carbons (Fsp3) is 0.321. The molecule has 0 heterocycles. The average molecular weight is 466 g/mol. The van der Waals surface area contributed by atoms with Crippen LogP contribution < -0.4 is 10.1 Å². The maximum atomic E-state index is 13.1. The monoisotopic (exact) mass is 465 g/mol. The van der Waals surface area contributed by atoms with Crippen molar-refractivity contribution in [3.63, 3.8) is 0 Å². The molecule has 5 heteroatoms. The lowest BCUT2D eigenvalue weighted by Crippen LogP contribution is -2.52. The zero-order chi connectivity index (χ0) is 23.5. The van der Waals surface area contributed by atoms with Crippen LogP contribution in [0.3, 0.4) is 0 Å². The molecule has 3 aromatic rings. The van der Waals surface area contributed by atoms with Crippen LogP contribution in [0, 0.1) is 0 Å². The standard InChI is InChI=1S/C28H33ClN2O2/c1-3-17-31(18-4-2,20-23-13-15-25(29)16-14-23)21-28(32)30-26-11-8-12-27(19-26)33-22-24-9-6-5-7-10-24/h5-16,19H,3-4,17-18,20-22H2,1-2H3/p+1. The molecule has 0 saturated carbocycles.